The van der Waals surface area contributed by atoms with Gasteiger partial charge in [0.2, 0.25) is 0 Å². The Morgan fingerprint density at radius 1 is 1.28 bits per heavy atom. The van der Waals surface area contributed by atoms with Crippen molar-refractivity contribution in [2.24, 2.45) is 0 Å². The van der Waals surface area contributed by atoms with E-state index in [0.29, 0.717) is 11.1 Å². The van der Waals surface area contributed by atoms with Crippen molar-refractivity contribution in [1.82, 2.24) is 0 Å². The summed E-state index contributed by atoms with van der Waals surface area (Å²) in [5, 5.41) is 0. The minimum atomic E-state index is -3.03. The van der Waals surface area contributed by atoms with E-state index in [9.17, 15) is 13.2 Å². The summed E-state index contributed by atoms with van der Waals surface area (Å²) in [5.74, 6) is -0.436. The first kappa shape index (κ1) is 14.4. The molecule has 5 heteroatoms. The van der Waals surface area contributed by atoms with Crippen molar-refractivity contribution in [3.05, 3.63) is 47.5 Å². The Kier molecular flexibility index (Phi) is 5.09. The number of hydrogen-bond acceptors (Lipinski definition) is 4. The van der Waals surface area contributed by atoms with Crippen LogP contribution in [-0.2, 0) is 14.6 Å². The number of benzene rings is 1. The van der Waals surface area contributed by atoms with Gasteiger partial charge in [-0.3, -0.25) is 0 Å². The SMILES string of the molecule is C/C(=C/COC(=O)c1ccccc1)CS(C)(=O)=O. The van der Waals surface area contributed by atoms with E-state index in [4.69, 9.17) is 4.74 Å². The highest BCUT2D eigenvalue weighted by Crippen LogP contribution is 2.02. The third-order valence-corrected chi connectivity index (χ3v) is 3.13. The lowest BCUT2D eigenvalue weighted by molar-refractivity contribution is 0.0549. The summed E-state index contributed by atoms with van der Waals surface area (Å²) in [6, 6.07) is 8.64. The summed E-state index contributed by atoms with van der Waals surface area (Å²) in [6.07, 6.45) is 2.77. The van der Waals surface area contributed by atoms with E-state index in [1.807, 2.05) is 6.07 Å². The minimum absolute atomic E-state index is 0.0180. The number of esters is 1. The molecule has 0 bridgehead atoms. The normalized spacial score (nSPS) is 12.2. The molecule has 0 saturated carbocycles. The average Bonchev–Trinajstić information content (AvgIpc) is 2.27. The van der Waals surface area contributed by atoms with E-state index < -0.39 is 15.8 Å². The maximum absolute atomic E-state index is 11.5. The largest absolute Gasteiger partial charge is 0.458 e. The first-order valence-corrected chi connectivity index (χ1v) is 7.50. The first-order chi connectivity index (χ1) is 8.38. The van der Waals surface area contributed by atoms with Crippen LogP contribution in [0.3, 0.4) is 0 Å². The van der Waals surface area contributed by atoms with Gasteiger partial charge >= 0.3 is 5.97 Å². The van der Waals surface area contributed by atoms with Crippen LogP contribution >= 0.6 is 0 Å². The van der Waals surface area contributed by atoms with Gasteiger partial charge in [0.05, 0.1) is 11.3 Å². The van der Waals surface area contributed by atoms with Crippen LogP contribution in [-0.4, -0.2) is 33.0 Å². The lowest BCUT2D eigenvalue weighted by Gasteiger charge is -2.03. The Bertz CT molecular complexity index is 529. The van der Waals surface area contributed by atoms with Gasteiger partial charge in [-0.15, -0.1) is 0 Å². The zero-order chi connectivity index (χ0) is 13.6. The molecule has 98 valence electrons. The van der Waals surface area contributed by atoms with Crippen LogP contribution in [0, 0.1) is 0 Å². The molecule has 1 aromatic carbocycles. The van der Waals surface area contributed by atoms with Gasteiger partial charge in [-0.05, 0) is 25.1 Å². The lowest BCUT2D eigenvalue weighted by atomic mass is 10.2. The van der Waals surface area contributed by atoms with Gasteiger partial charge in [0.25, 0.3) is 0 Å². The number of ether oxygens (including phenoxy) is 1. The molecular weight excluding hydrogens is 252 g/mol. The molecule has 0 unspecified atom stereocenters. The van der Waals surface area contributed by atoms with Gasteiger partial charge in [-0.2, -0.15) is 0 Å². The number of carbonyl (C=O) groups excluding carboxylic acids is 1. The molecule has 0 aromatic heterocycles. The van der Waals surface area contributed by atoms with Crippen molar-refractivity contribution < 1.29 is 17.9 Å². The first-order valence-electron chi connectivity index (χ1n) is 5.44. The van der Waals surface area contributed by atoms with Gasteiger partial charge in [-0.1, -0.05) is 23.8 Å². The fourth-order valence-electron chi connectivity index (χ4n) is 1.39. The van der Waals surface area contributed by atoms with Gasteiger partial charge < -0.3 is 4.74 Å². The molecule has 0 spiro atoms. The lowest BCUT2D eigenvalue weighted by Crippen LogP contribution is -2.07. The second kappa shape index (κ2) is 6.35. The summed E-state index contributed by atoms with van der Waals surface area (Å²) in [4.78, 5) is 11.5. The van der Waals surface area contributed by atoms with E-state index in [2.05, 4.69) is 0 Å². The standard InChI is InChI=1S/C13H16O4S/c1-11(10-18(2,15)16)8-9-17-13(14)12-6-4-3-5-7-12/h3-8H,9-10H2,1-2H3/b11-8-. The van der Waals surface area contributed by atoms with Crippen LogP contribution in [0.15, 0.2) is 42.0 Å². The number of rotatable bonds is 5. The second-order valence-corrected chi connectivity index (χ2v) is 6.23. The topological polar surface area (TPSA) is 60.4 Å². The van der Waals surface area contributed by atoms with E-state index in [1.54, 1.807) is 37.3 Å². The Morgan fingerprint density at radius 2 is 1.89 bits per heavy atom. The highest BCUT2D eigenvalue weighted by atomic mass is 32.2. The minimum Gasteiger partial charge on any atom is -0.458 e. The number of carbonyl (C=O) groups is 1. The molecule has 0 heterocycles. The van der Waals surface area contributed by atoms with Crippen molar-refractivity contribution in [2.45, 2.75) is 6.92 Å². The number of sulfone groups is 1. The van der Waals surface area contributed by atoms with Crippen LogP contribution in [0.4, 0.5) is 0 Å². The summed E-state index contributed by atoms with van der Waals surface area (Å²) in [6.45, 7) is 1.77. The predicted molar refractivity (Wildman–Crippen MR) is 70.2 cm³/mol. The highest BCUT2D eigenvalue weighted by Gasteiger charge is 2.06. The fourth-order valence-corrected chi connectivity index (χ4v) is 2.33. The Morgan fingerprint density at radius 3 is 2.44 bits per heavy atom. The van der Waals surface area contributed by atoms with E-state index in [0.717, 1.165) is 0 Å². The molecular formula is C13H16O4S. The molecule has 4 nitrogen and oxygen atoms in total. The highest BCUT2D eigenvalue weighted by molar-refractivity contribution is 7.90. The monoisotopic (exact) mass is 268 g/mol. The molecule has 0 aliphatic rings. The van der Waals surface area contributed by atoms with Crippen molar-refractivity contribution in [1.29, 1.82) is 0 Å². The molecule has 0 amide bonds. The molecule has 0 atom stereocenters. The Balaban J connectivity index is 2.47. The molecule has 18 heavy (non-hydrogen) atoms. The van der Waals surface area contributed by atoms with E-state index >= 15 is 0 Å². The quantitative estimate of drug-likeness (QED) is 0.604. The number of hydrogen-bond donors (Lipinski definition) is 0. The molecule has 1 aromatic rings. The third kappa shape index (κ3) is 5.63. The van der Waals surface area contributed by atoms with Crippen molar-refractivity contribution in [3.63, 3.8) is 0 Å². The van der Waals surface area contributed by atoms with Gasteiger partial charge in [0, 0.05) is 6.26 Å². The summed E-state index contributed by atoms with van der Waals surface area (Å²) in [5.41, 5.74) is 1.14. The molecule has 0 N–H and O–H groups in total. The third-order valence-electron chi connectivity index (χ3n) is 2.15. The van der Waals surface area contributed by atoms with Crippen LogP contribution < -0.4 is 0 Å². The fraction of sp³-hybridized carbons (Fsp3) is 0.308. The molecule has 0 saturated heterocycles. The summed E-state index contributed by atoms with van der Waals surface area (Å²) in [7, 11) is -3.03. The zero-order valence-corrected chi connectivity index (χ0v) is 11.2. The maximum atomic E-state index is 11.5. The maximum Gasteiger partial charge on any atom is 0.338 e. The van der Waals surface area contributed by atoms with E-state index in [-0.39, 0.29) is 12.4 Å². The average molecular weight is 268 g/mol. The molecule has 0 fully saturated rings. The van der Waals surface area contributed by atoms with Crippen LogP contribution in [0.25, 0.3) is 0 Å². The Hall–Kier alpha value is -1.62. The van der Waals surface area contributed by atoms with Gasteiger partial charge in [0.1, 0.15) is 6.61 Å². The predicted octanol–water partition coefficient (Wildman–Crippen LogP) is 1.83. The molecule has 1 rings (SSSR count). The van der Waals surface area contributed by atoms with Crippen LogP contribution in [0.2, 0.25) is 0 Å². The van der Waals surface area contributed by atoms with Crippen molar-refractivity contribution >= 4 is 15.8 Å². The smallest absolute Gasteiger partial charge is 0.338 e. The summed E-state index contributed by atoms with van der Waals surface area (Å²) >= 11 is 0. The summed E-state index contributed by atoms with van der Waals surface area (Å²) < 4.78 is 27.0. The molecule has 0 aliphatic heterocycles. The molecule has 0 radical (unpaired) electrons. The van der Waals surface area contributed by atoms with Crippen LogP contribution in [0.5, 0.6) is 0 Å². The molecule has 0 aliphatic carbocycles. The van der Waals surface area contributed by atoms with Gasteiger partial charge in [0.15, 0.2) is 9.84 Å². The van der Waals surface area contributed by atoms with Gasteiger partial charge in [-0.25, -0.2) is 13.2 Å². The van der Waals surface area contributed by atoms with Crippen LogP contribution in [0.1, 0.15) is 17.3 Å². The van der Waals surface area contributed by atoms with Crippen molar-refractivity contribution in [3.8, 4) is 0 Å². The van der Waals surface area contributed by atoms with Crippen molar-refractivity contribution in [2.75, 3.05) is 18.6 Å². The second-order valence-electron chi connectivity index (χ2n) is 4.09. The zero-order valence-electron chi connectivity index (χ0n) is 10.4. The van der Waals surface area contributed by atoms with E-state index in [1.165, 1.54) is 6.26 Å². The Labute approximate surface area is 107 Å².